The van der Waals surface area contributed by atoms with Gasteiger partial charge in [0.25, 0.3) is 0 Å². The highest BCUT2D eigenvalue weighted by atomic mass is 19.1. The smallest absolute Gasteiger partial charge is 0.358 e. The molecule has 0 aliphatic rings. The predicted molar refractivity (Wildman–Crippen MR) is 60.3 cm³/mol. The first-order valence-corrected chi connectivity index (χ1v) is 5.32. The van der Waals surface area contributed by atoms with Crippen LogP contribution in [0, 0.1) is 11.6 Å². The van der Waals surface area contributed by atoms with E-state index in [-0.39, 0.29) is 30.0 Å². The number of halogens is 2. The standard InChI is InChI=1S/C11H10F2N4O2/c12-7-1-2-8(13)6(3-7)5-17-9(4-14)10(11(18)19)15-16-17/h1-3H,4-5,14H2,(H,18,19). The molecule has 0 amide bonds. The van der Waals surface area contributed by atoms with Gasteiger partial charge in [-0.3, -0.25) is 0 Å². The molecule has 0 atom stereocenters. The van der Waals surface area contributed by atoms with Gasteiger partial charge in [-0.15, -0.1) is 5.10 Å². The summed E-state index contributed by atoms with van der Waals surface area (Å²) in [5.41, 5.74) is 5.32. The third kappa shape index (κ3) is 2.58. The SMILES string of the molecule is NCc1c(C(=O)O)nnn1Cc1cc(F)ccc1F. The number of rotatable bonds is 4. The number of nitrogens with two attached hydrogens (primary N) is 1. The molecule has 0 radical (unpaired) electrons. The Bertz CT molecular complexity index is 627. The number of nitrogens with zero attached hydrogens (tertiary/aromatic N) is 3. The Kier molecular flexibility index (Phi) is 3.52. The second kappa shape index (κ2) is 5.11. The molecule has 0 saturated heterocycles. The molecule has 3 N–H and O–H groups in total. The van der Waals surface area contributed by atoms with Gasteiger partial charge in [-0.2, -0.15) is 0 Å². The van der Waals surface area contributed by atoms with Crippen molar-refractivity contribution in [3.63, 3.8) is 0 Å². The monoisotopic (exact) mass is 268 g/mol. The zero-order valence-corrected chi connectivity index (χ0v) is 9.68. The van der Waals surface area contributed by atoms with Crippen LogP contribution in [0.3, 0.4) is 0 Å². The van der Waals surface area contributed by atoms with Crippen molar-refractivity contribution in [3.8, 4) is 0 Å². The lowest BCUT2D eigenvalue weighted by molar-refractivity contribution is 0.0689. The second-order valence-corrected chi connectivity index (χ2v) is 3.79. The summed E-state index contributed by atoms with van der Waals surface area (Å²) < 4.78 is 27.7. The van der Waals surface area contributed by atoms with Crippen molar-refractivity contribution >= 4 is 5.97 Å². The van der Waals surface area contributed by atoms with Crippen molar-refractivity contribution in [2.24, 2.45) is 5.73 Å². The zero-order chi connectivity index (χ0) is 14.0. The number of hydrogen-bond acceptors (Lipinski definition) is 4. The molecule has 2 rings (SSSR count). The fourth-order valence-corrected chi connectivity index (χ4v) is 1.65. The number of aromatic carboxylic acids is 1. The molecule has 8 heteroatoms. The van der Waals surface area contributed by atoms with Crippen LogP contribution in [0.2, 0.25) is 0 Å². The van der Waals surface area contributed by atoms with E-state index < -0.39 is 17.6 Å². The van der Waals surface area contributed by atoms with E-state index in [1.165, 1.54) is 0 Å². The summed E-state index contributed by atoms with van der Waals surface area (Å²) in [5, 5.41) is 15.9. The van der Waals surface area contributed by atoms with Gasteiger partial charge in [-0.1, -0.05) is 5.21 Å². The van der Waals surface area contributed by atoms with Gasteiger partial charge >= 0.3 is 5.97 Å². The maximum absolute atomic E-state index is 13.5. The first-order chi connectivity index (χ1) is 9.02. The summed E-state index contributed by atoms with van der Waals surface area (Å²) in [6, 6.07) is 2.99. The molecule has 0 aliphatic heterocycles. The molecular weight excluding hydrogens is 258 g/mol. The maximum atomic E-state index is 13.5. The number of aromatic nitrogens is 3. The molecule has 2 aromatic rings. The molecule has 1 aromatic heterocycles. The van der Waals surface area contributed by atoms with E-state index in [1.54, 1.807) is 0 Å². The van der Waals surface area contributed by atoms with E-state index >= 15 is 0 Å². The Balaban J connectivity index is 2.38. The van der Waals surface area contributed by atoms with Crippen molar-refractivity contribution in [1.29, 1.82) is 0 Å². The van der Waals surface area contributed by atoms with Crippen LogP contribution in [0.1, 0.15) is 21.7 Å². The lowest BCUT2D eigenvalue weighted by Crippen LogP contribution is -2.14. The van der Waals surface area contributed by atoms with Crippen molar-refractivity contribution in [1.82, 2.24) is 15.0 Å². The molecule has 1 aromatic carbocycles. The summed E-state index contributed by atoms with van der Waals surface area (Å²) in [4.78, 5) is 10.9. The lowest BCUT2D eigenvalue weighted by Gasteiger charge is -2.06. The third-order valence-electron chi connectivity index (χ3n) is 2.56. The van der Waals surface area contributed by atoms with Gasteiger partial charge < -0.3 is 10.8 Å². The molecule has 0 unspecified atom stereocenters. The summed E-state index contributed by atoms with van der Waals surface area (Å²) in [6.07, 6.45) is 0. The third-order valence-corrected chi connectivity index (χ3v) is 2.56. The molecule has 0 fully saturated rings. The van der Waals surface area contributed by atoms with Crippen LogP contribution in [0.5, 0.6) is 0 Å². The highest BCUT2D eigenvalue weighted by Gasteiger charge is 2.18. The molecule has 0 bridgehead atoms. The topological polar surface area (TPSA) is 94.0 Å². The summed E-state index contributed by atoms with van der Waals surface area (Å²) in [5.74, 6) is -2.48. The molecule has 1 heterocycles. The second-order valence-electron chi connectivity index (χ2n) is 3.79. The first kappa shape index (κ1) is 13.1. The normalized spacial score (nSPS) is 10.7. The van der Waals surface area contributed by atoms with Crippen molar-refractivity contribution < 1.29 is 18.7 Å². The maximum Gasteiger partial charge on any atom is 0.358 e. The van der Waals surface area contributed by atoms with Crippen LogP contribution in [0.25, 0.3) is 0 Å². The number of carbonyl (C=O) groups is 1. The van der Waals surface area contributed by atoms with E-state index in [2.05, 4.69) is 10.3 Å². The number of hydrogen-bond donors (Lipinski definition) is 2. The predicted octanol–water partition coefficient (Wildman–Crippen LogP) is 0.761. The van der Waals surface area contributed by atoms with E-state index in [0.717, 1.165) is 22.9 Å². The van der Waals surface area contributed by atoms with Crippen LogP contribution in [-0.4, -0.2) is 26.1 Å². The molecule has 0 saturated carbocycles. The molecule has 100 valence electrons. The van der Waals surface area contributed by atoms with Gasteiger partial charge in [-0.05, 0) is 18.2 Å². The molecular formula is C11H10F2N4O2. The highest BCUT2D eigenvalue weighted by Crippen LogP contribution is 2.13. The minimum absolute atomic E-state index is 0.0385. The fourth-order valence-electron chi connectivity index (χ4n) is 1.65. The van der Waals surface area contributed by atoms with Gasteiger partial charge in [0.15, 0.2) is 5.69 Å². The fraction of sp³-hybridized carbons (Fsp3) is 0.182. The average Bonchev–Trinajstić information content (AvgIpc) is 2.76. The highest BCUT2D eigenvalue weighted by molar-refractivity contribution is 5.86. The van der Waals surface area contributed by atoms with Gasteiger partial charge in [-0.25, -0.2) is 18.3 Å². The number of carboxylic acids is 1. The van der Waals surface area contributed by atoms with E-state index in [0.29, 0.717) is 0 Å². The van der Waals surface area contributed by atoms with Crippen molar-refractivity contribution in [2.75, 3.05) is 0 Å². The largest absolute Gasteiger partial charge is 0.476 e. The minimum atomic E-state index is -1.27. The Hall–Kier alpha value is -2.35. The Morgan fingerprint density at radius 3 is 2.79 bits per heavy atom. The van der Waals surface area contributed by atoms with Crippen LogP contribution < -0.4 is 5.73 Å². The van der Waals surface area contributed by atoms with Gasteiger partial charge in [0.05, 0.1) is 12.2 Å². The Morgan fingerprint density at radius 1 is 1.42 bits per heavy atom. The van der Waals surface area contributed by atoms with Crippen LogP contribution in [0.4, 0.5) is 8.78 Å². The summed E-state index contributed by atoms with van der Waals surface area (Å²) >= 11 is 0. The molecule has 6 nitrogen and oxygen atoms in total. The van der Waals surface area contributed by atoms with E-state index in [1.807, 2.05) is 0 Å². The summed E-state index contributed by atoms with van der Waals surface area (Å²) in [6.45, 7) is -0.262. The lowest BCUT2D eigenvalue weighted by atomic mass is 10.2. The van der Waals surface area contributed by atoms with Gasteiger partial charge in [0.2, 0.25) is 0 Å². The number of carboxylic acid groups (broad SMARTS) is 1. The van der Waals surface area contributed by atoms with Crippen LogP contribution >= 0.6 is 0 Å². The van der Waals surface area contributed by atoms with Crippen molar-refractivity contribution in [2.45, 2.75) is 13.1 Å². The quantitative estimate of drug-likeness (QED) is 0.853. The Labute approximate surface area is 106 Å². The molecule has 19 heavy (non-hydrogen) atoms. The van der Waals surface area contributed by atoms with E-state index in [9.17, 15) is 13.6 Å². The van der Waals surface area contributed by atoms with Crippen molar-refractivity contribution in [3.05, 3.63) is 46.8 Å². The minimum Gasteiger partial charge on any atom is -0.476 e. The number of benzene rings is 1. The van der Waals surface area contributed by atoms with Crippen LogP contribution in [0.15, 0.2) is 18.2 Å². The zero-order valence-electron chi connectivity index (χ0n) is 9.68. The molecule has 0 spiro atoms. The van der Waals surface area contributed by atoms with E-state index in [4.69, 9.17) is 10.8 Å². The van der Waals surface area contributed by atoms with Crippen LogP contribution in [-0.2, 0) is 13.1 Å². The summed E-state index contributed by atoms with van der Waals surface area (Å²) in [7, 11) is 0. The van der Waals surface area contributed by atoms with Gasteiger partial charge in [0.1, 0.15) is 11.6 Å². The van der Waals surface area contributed by atoms with Gasteiger partial charge in [0, 0.05) is 12.1 Å². The first-order valence-electron chi connectivity index (χ1n) is 5.32. The Morgan fingerprint density at radius 2 is 2.16 bits per heavy atom. The molecule has 0 aliphatic carbocycles. The average molecular weight is 268 g/mol.